The number of nitrogens with zero attached hydrogens (tertiary/aromatic N) is 1. The van der Waals surface area contributed by atoms with Crippen molar-refractivity contribution in [3.05, 3.63) is 65.2 Å². The molecule has 0 saturated carbocycles. The number of fused-ring (bicyclic) bond motifs is 1. The molecular weight excluding hydrogens is 293 g/mol. The number of benzene rings is 2. The van der Waals surface area contributed by atoms with Crippen LogP contribution in [0.25, 0.3) is 0 Å². The molecule has 0 aliphatic carbocycles. The van der Waals surface area contributed by atoms with E-state index >= 15 is 0 Å². The van der Waals surface area contributed by atoms with Gasteiger partial charge in [0.15, 0.2) is 0 Å². The van der Waals surface area contributed by atoms with Crippen LogP contribution in [-0.2, 0) is 11.0 Å². The summed E-state index contributed by atoms with van der Waals surface area (Å²) in [6.45, 7) is -0.125. The first-order valence-corrected chi connectivity index (χ1v) is 6.56. The molecule has 0 fully saturated rings. The molecule has 3 rings (SSSR count). The molecule has 1 N–H and O–H groups in total. The largest absolute Gasteiger partial charge is 0.416 e. The number of nitrogens with one attached hydrogen (secondary N) is 1. The molecule has 0 bridgehead atoms. The highest BCUT2D eigenvalue weighted by molar-refractivity contribution is 6.19. The minimum absolute atomic E-state index is 0.125. The number of benzodiazepines with no additional fused rings is 1. The van der Waals surface area contributed by atoms with Crippen molar-refractivity contribution in [3.8, 4) is 0 Å². The van der Waals surface area contributed by atoms with Gasteiger partial charge in [0.1, 0.15) is 6.54 Å². The lowest BCUT2D eigenvalue weighted by atomic mass is 9.99. The number of para-hydroxylation sites is 1. The molecule has 0 saturated heterocycles. The van der Waals surface area contributed by atoms with Gasteiger partial charge < -0.3 is 5.32 Å². The minimum atomic E-state index is -4.42. The Balaban J connectivity index is 2.14. The van der Waals surface area contributed by atoms with Gasteiger partial charge in [-0.3, -0.25) is 9.79 Å². The van der Waals surface area contributed by atoms with Gasteiger partial charge in [0, 0.05) is 11.1 Å². The number of amides is 1. The minimum Gasteiger partial charge on any atom is -0.324 e. The summed E-state index contributed by atoms with van der Waals surface area (Å²) in [6.07, 6.45) is -4.42. The number of aliphatic imine (C=N–C) groups is 1. The summed E-state index contributed by atoms with van der Waals surface area (Å²) in [5.74, 6) is -0.297. The summed E-state index contributed by atoms with van der Waals surface area (Å²) in [4.78, 5) is 15.8. The third-order valence-electron chi connectivity index (χ3n) is 3.30. The van der Waals surface area contributed by atoms with E-state index in [1.54, 1.807) is 30.3 Å². The fourth-order valence-corrected chi connectivity index (χ4v) is 2.31. The molecule has 6 heteroatoms. The van der Waals surface area contributed by atoms with Gasteiger partial charge in [0.05, 0.1) is 17.0 Å². The summed E-state index contributed by atoms with van der Waals surface area (Å²) < 4.78 is 38.6. The second-order valence-electron chi connectivity index (χ2n) is 4.84. The normalized spacial score (nSPS) is 14.7. The predicted octanol–water partition coefficient (Wildman–Crippen LogP) is 3.49. The van der Waals surface area contributed by atoms with E-state index in [-0.39, 0.29) is 12.5 Å². The number of carbonyl (C=O) groups is 1. The van der Waals surface area contributed by atoms with Gasteiger partial charge >= 0.3 is 6.18 Å². The summed E-state index contributed by atoms with van der Waals surface area (Å²) in [7, 11) is 0. The van der Waals surface area contributed by atoms with Gasteiger partial charge in [-0.2, -0.15) is 13.2 Å². The van der Waals surface area contributed by atoms with E-state index < -0.39 is 11.7 Å². The molecule has 0 spiro atoms. The Morgan fingerprint density at radius 2 is 1.82 bits per heavy atom. The lowest BCUT2D eigenvalue weighted by Gasteiger charge is -2.12. The molecule has 0 unspecified atom stereocenters. The lowest BCUT2D eigenvalue weighted by molar-refractivity contribution is -0.137. The van der Waals surface area contributed by atoms with Crippen molar-refractivity contribution in [3.63, 3.8) is 0 Å². The van der Waals surface area contributed by atoms with Gasteiger partial charge in [-0.25, -0.2) is 0 Å². The average molecular weight is 304 g/mol. The fourth-order valence-electron chi connectivity index (χ4n) is 2.31. The third kappa shape index (κ3) is 2.72. The summed E-state index contributed by atoms with van der Waals surface area (Å²) in [5, 5.41) is 2.69. The van der Waals surface area contributed by atoms with E-state index in [1.165, 1.54) is 6.07 Å². The molecule has 2 aromatic carbocycles. The molecule has 1 aliphatic rings. The van der Waals surface area contributed by atoms with Crippen molar-refractivity contribution in [2.75, 3.05) is 11.9 Å². The van der Waals surface area contributed by atoms with Crippen LogP contribution in [-0.4, -0.2) is 18.2 Å². The van der Waals surface area contributed by atoms with Crippen molar-refractivity contribution in [2.24, 2.45) is 4.99 Å². The van der Waals surface area contributed by atoms with Crippen LogP contribution in [0, 0.1) is 0 Å². The highest BCUT2D eigenvalue weighted by atomic mass is 19.4. The van der Waals surface area contributed by atoms with E-state index in [4.69, 9.17) is 0 Å². The quantitative estimate of drug-likeness (QED) is 0.861. The van der Waals surface area contributed by atoms with E-state index in [0.717, 1.165) is 12.1 Å². The summed E-state index contributed by atoms with van der Waals surface area (Å²) in [5.41, 5.74) is 1.11. The molecular formula is C16H11F3N2O. The number of hydrogen-bond donors (Lipinski definition) is 1. The highest BCUT2D eigenvalue weighted by Gasteiger charge is 2.31. The molecule has 2 aromatic rings. The maximum absolute atomic E-state index is 12.9. The van der Waals surface area contributed by atoms with Crippen LogP contribution >= 0.6 is 0 Å². The van der Waals surface area contributed by atoms with Gasteiger partial charge in [-0.05, 0) is 18.2 Å². The molecule has 0 radical (unpaired) electrons. The van der Waals surface area contributed by atoms with Gasteiger partial charge in [-0.1, -0.05) is 30.3 Å². The first-order chi connectivity index (χ1) is 10.4. The number of alkyl halides is 3. The number of carbonyl (C=O) groups excluding carboxylic acids is 1. The van der Waals surface area contributed by atoms with Crippen LogP contribution < -0.4 is 5.32 Å². The second-order valence-corrected chi connectivity index (χ2v) is 4.84. The maximum Gasteiger partial charge on any atom is 0.416 e. The SMILES string of the molecule is O=C1CN=C(c2cccc(C(F)(F)F)c2)c2ccccc2N1. The zero-order chi connectivity index (χ0) is 15.7. The van der Waals surface area contributed by atoms with Crippen LogP contribution in [0.4, 0.5) is 18.9 Å². The van der Waals surface area contributed by atoms with E-state index in [1.807, 2.05) is 0 Å². The first kappa shape index (κ1) is 14.3. The molecule has 112 valence electrons. The lowest BCUT2D eigenvalue weighted by Crippen LogP contribution is -2.13. The van der Waals surface area contributed by atoms with Gasteiger partial charge in [0.2, 0.25) is 5.91 Å². The third-order valence-corrected chi connectivity index (χ3v) is 3.30. The summed E-state index contributed by atoms with van der Waals surface area (Å²) in [6, 6.07) is 11.9. The fraction of sp³-hybridized carbons (Fsp3) is 0.125. The van der Waals surface area contributed by atoms with Crippen LogP contribution in [0.15, 0.2) is 53.5 Å². The Labute approximate surface area is 124 Å². The Morgan fingerprint density at radius 3 is 2.59 bits per heavy atom. The molecule has 1 heterocycles. The van der Waals surface area contributed by atoms with Crippen molar-refractivity contribution >= 4 is 17.3 Å². The van der Waals surface area contributed by atoms with Gasteiger partial charge in [-0.15, -0.1) is 0 Å². The predicted molar refractivity (Wildman–Crippen MR) is 77.0 cm³/mol. The Hall–Kier alpha value is -2.63. The van der Waals surface area contributed by atoms with Crippen LogP contribution in [0.3, 0.4) is 0 Å². The topological polar surface area (TPSA) is 41.5 Å². The van der Waals surface area contributed by atoms with Crippen LogP contribution in [0.1, 0.15) is 16.7 Å². The maximum atomic E-state index is 12.9. The Kier molecular flexibility index (Phi) is 3.44. The van der Waals surface area contributed by atoms with Gasteiger partial charge in [0.25, 0.3) is 0 Å². The summed E-state index contributed by atoms with van der Waals surface area (Å²) >= 11 is 0. The van der Waals surface area contributed by atoms with E-state index in [9.17, 15) is 18.0 Å². The molecule has 22 heavy (non-hydrogen) atoms. The smallest absolute Gasteiger partial charge is 0.324 e. The number of rotatable bonds is 1. The number of anilines is 1. The van der Waals surface area contributed by atoms with Crippen molar-refractivity contribution in [2.45, 2.75) is 6.18 Å². The van der Waals surface area contributed by atoms with Crippen molar-refractivity contribution in [1.29, 1.82) is 0 Å². The standard InChI is InChI=1S/C16H11F3N2O/c17-16(18,19)11-5-3-4-10(8-11)15-12-6-1-2-7-13(12)21-14(22)9-20-15/h1-8H,9H2,(H,21,22). The molecule has 0 aromatic heterocycles. The molecule has 3 nitrogen and oxygen atoms in total. The zero-order valence-corrected chi connectivity index (χ0v) is 11.3. The highest BCUT2D eigenvalue weighted by Crippen LogP contribution is 2.31. The Morgan fingerprint density at radius 1 is 1.05 bits per heavy atom. The van der Waals surface area contributed by atoms with E-state index in [0.29, 0.717) is 22.5 Å². The second kappa shape index (κ2) is 5.29. The molecule has 1 amide bonds. The zero-order valence-electron chi connectivity index (χ0n) is 11.3. The van der Waals surface area contributed by atoms with E-state index in [2.05, 4.69) is 10.3 Å². The number of hydrogen-bond acceptors (Lipinski definition) is 2. The van der Waals surface area contributed by atoms with Crippen molar-refractivity contribution < 1.29 is 18.0 Å². The van der Waals surface area contributed by atoms with Crippen LogP contribution in [0.5, 0.6) is 0 Å². The number of halogens is 3. The molecule has 1 aliphatic heterocycles. The average Bonchev–Trinajstić information content (AvgIpc) is 2.65. The Bertz CT molecular complexity index is 766. The van der Waals surface area contributed by atoms with Crippen LogP contribution in [0.2, 0.25) is 0 Å². The molecule has 0 atom stereocenters. The monoisotopic (exact) mass is 304 g/mol. The van der Waals surface area contributed by atoms with Crippen molar-refractivity contribution in [1.82, 2.24) is 0 Å². The first-order valence-electron chi connectivity index (χ1n) is 6.56.